The minimum Gasteiger partial charge on any atom is -0.384 e. The van der Waals surface area contributed by atoms with E-state index >= 15 is 0 Å². The van der Waals surface area contributed by atoms with Crippen LogP contribution in [-0.4, -0.2) is 4.57 Å². The van der Waals surface area contributed by atoms with Crippen LogP contribution >= 0.6 is 11.6 Å². The number of aryl methyl sites for hydroxylation is 1. The van der Waals surface area contributed by atoms with Gasteiger partial charge in [0.2, 0.25) is 0 Å². The lowest BCUT2D eigenvalue weighted by Crippen LogP contribution is -2.03. The van der Waals surface area contributed by atoms with Crippen molar-refractivity contribution in [2.75, 3.05) is 5.73 Å². The Morgan fingerprint density at radius 2 is 1.94 bits per heavy atom. The van der Waals surface area contributed by atoms with Gasteiger partial charge in [-0.3, -0.25) is 4.57 Å². The Hall–Kier alpha value is -1.92. The monoisotopic (exact) mass is 259 g/mol. The number of nitrogens with two attached hydrogens (primary N) is 1. The van der Waals surface area contributed by atoms with Crippen LogP contribution in [0.3, 0.4) is 0 Å². The molecule has 2 aromatic rings. The van der Waals surface area contributed by atoms with Crippen LogP contribution < -0.4 is 5.73 Å². The number of anilines is 1. The molecule has 0 amide bonds. The number of benzene rings is 1. The van der Waals surface area contributed by atoms with Crippen molar-refractivity contribution in [3.63, 3.8) is 0 Å². The number of hydrogen-bond acceptors (Lipinski definition) is 2. The SMILES string of the molecule is Cc1ccc(Cl)c(-n2c(C)c(C)c(C#N)c2N)c1. The normalized spacial score (nSPS) is 10.4. The Labute approximate surface area is 111 Å². The smallest absolute Gasteiger partial charge is 0.126 e. The molecular formula is C14H14ClN3. The third-order valence-electron chi connectivity index (χ3n) is 3.20. The standard InChI is InChI=1S/C14H14ClN3/c1-8-4-5-12(15)13(6-8)18-10(3)9(2)11(7-16)14(18)17/h4-6H,17H2,1-3H3. The molecule has 0 aliphatic rings. The van der Waals surface area contributed by atoms with Crippen LogP contribution in [0.25, 0.3) is 5.69 Å². The van der Waals surface area contributed by atoms with Crippen molar-refractivity contribution >= 4 is 17.4 Å². The molecule has 1 aromatic heterocycles. The zero-order valence-corrected chi connectivity index (χ0v) is 11.3. The quantitative estimate of drug-likeness (QED) is 0.852. The average Bonchev–Trinajstić information content (AvgIpc) is 2.54. The Balaban J connectivity index is 2.80. The molecule has 18 heavy (non-hydrogen) atoms. The average molecular weight is 260 g/mol. The van der Waals surface area contributed by atoms with E-state index in [1.165, 1.54) is 0 Å². The maximum atomic E-state index is 9.13. The van der Waals surface area contributed by atoms with Crippen molar-refractivity contribution in [3.05, 3.63) is 45.6 Å². The zero-order chi connectivity index (χ0) is 13.4. The van der Waals surface area contributed by atoms with Crippen LogP contribution in [-0.2, 0) is 0 Å². The molecule has 0 radical (unpaired) electrons. The fourth-order valence-electron chi connectivity index (χ4n) is 2.08. The summed E-state index contributed by atoms with van der Waals surface area (Å²) in [4.78, 5) is 0. The maximum Gasteiger partial charge on any atom is 0.126 e. The number of hydrogen-bond donors (Lipinski definition) is 1. The van der Waals surface area contributed by atoms with Gasteiger partial charge in [-0.05, 0) is 44.0 Å². The first-order chi connectivity index (χ1) is 8.47. The maximum absolute atomic E-state index is 9.13. The summed E-state index contributed by atoms with van der Waals surface area (Å²) in [7, 11) is 0. The topological polar surface area (TPSA) is 54.7 Å². The number of halogens is 1. The van der Waals surface area contributed by atoms with Gasteiger partial charge in [-0.15, -0.1) is 0 Å². The molecule has 1 aromatic carbocycles. The number of nitrogens with zero attached hydrogens (tertiary/aromatic N) is 2. The van der Waals surface area contributed by atoms with Gasteiger partial charge in [0.25, 0.3) is 0 Å². The minimum absolute atomic E-state index is 0.444. The van der Waals surface area contributed by atoms with Crippen molar-refractivity contribution in [3.8, 4) is 11.8 Å². The number of nitriles is 1. The molecule has 0 saturated carbocycles. The van der Waals surface area contributed by atoms with E-state index in [4.69, 9.17) is 22.6 Å². The largest absolute Gasteiger partial charge is 0.384 e. The van der Waals surface area contributed by atoms with Gasteiger partial charge in [0.15, 0.2) is 0 Å². The highest BCUT2D eigenvalue weighted by atomic mass is 35.5. The summed E-state index contributed by atoms with van der Waals surface area (Å²) in [5, 5.41) is 9.75. The summed E-state index contributed by atoms with van der Waals surface area (Å²) in [5.41, 5.74) is 10.3. The molecule has 4 heteroatoms. The van der Waals surface area contributed by atoms with Gasteiger partial charge < -0.3 is 5.73 Å². The molecule has 0 aliphatic carbocycles. The predicted octanol–water partition coefficient (Wildman–Crippen LogP) is 3.51. The second kappa shape index (κ2) is 4.40. The van der Waals surface area contributed by atoms with Gasteiger partial charge in [-0.1, -0.05) is 17.7 Å². The first kappa shape index (κ1) is 12.5. The molecule has 92 valence electrons. The van der Waals surface area contributed by atoms with Crippen LogP contribution in [0.4, 0.5) is 5.82 Å². The Bertz CT molecular complexity index is 663. The van der Waals surface area contributed by atoms with Crippen LogP contribution in [0, 0.1) is 32.1 Å². The fourth-order valence-corrected chi connectivity index (χ4v) is 2.28. The highest BCUT2D eigenvalue weighted by Crippen LogP contribution is 2.31. The Morgan fingerprint density at radius 1 is 1.28 bits per heavy atom. The van der Waals surface area contributed by atoms with Crippen LogP contribution in [0.2, 0.25) is 5.02 Å². The van der Waals surface area contributed by atoms with Gasteiger partial charge in [-0.2, -0.15) is 5.26 Å². The summed E-state index contributed by atoms with van der Waals surface area (Å²) >= 11 is 6.22. The molecule has 0 saturated heterocycles. The summed E-state index contributed by atoms with van der Waals surface area (Å²) in [5.74, 6) is 0.444. The third-order valence-corrected chi connectivity index (χ3v) is 3.52. The summed E-state index contributed by atoms with van der Waals surface area (Å²) < 4.78 is 1.84. The van der Waals surface area contributed by atoms with Crippen molar-refractivity contribution < 1.29 is 0 Å². The molecule has 0 spiro atoms. The molecular weight excluding hydrogens is 246 g/mol. The van der Waals surface area contributed by atoms with E-state index in [1.807, 2.05) is 43.5 Å². The lowest BCUT2D eigenvalue weighted by atomic mass is 10.2. The molecule has 0 bridgehead atoms. The molecule has 0 atom stereocenters. The lowest BCUT2D eigenvalue weighted by Gasteiger charge is -2.12. The first-order valence-electron chi connectivity index (χ1n) is 5.61. The summed E-state index contributed by atoms with van der Waals surface area (Å²) in [6.45, 7) is 5.82. The second-order valence-corrected chi connectivity index (χ2v) is 4.78. The first-order valence-corrected chi connectivity index (χ1v) is 5.99. The van der Waals surface area contributed by atoms with Crippen LogP contribution in [0.1, 0.15) is 22.4 Å². The highest BCUT2D eigenvalue weighted by molar-refractivity contribution is 6.32. The van der Waals surface area contributed by atoms with E-state index in [2.05, 4.69) is 6.07 Å². The number of aromatic nitrogens is 1. The third kappa shape index (κ3) is 1.75. The molecule has 0 unspecified atom stereocenters. The zero-order valence-electron chi connectivity index (χ0n) is 10.6. The molecule has 0 fully saturated rings. The van der Waals surface area contributed by atoms with E-state index in [0.29, 0.717) is 16.4 Å². The van der Waals surface area contributed by atoms with Crippen molar-refractivity contribution in [2.24, 2.45) is 0 Å². The highest BCUT2D eigenvalue weighted by Gasteiger charge is 2.17. The van der Waals surface area contributed by atoms with Crippen LogP contribution in [0.5, 0.6) is 0 Å². The van der Waals surface area contributed by atoms with Gasteiger partial charge in [-0.25, -0.2) is 0 Å². The van der Waals surface area contributed by atoms with E-state index in [0.717, 1.165) is 22.5 Å². The second-order valence-electron chi connectivity index (χ2n) is 4.37. The van der Waals surface area contributed by atoms with Gasteiger partial charge in [0.1, 0.15) is 11.9 Å². The van der Waals surface area contributed by atoms with E-state index in [-0.39, 0.29) is 0 Å². The predicted molar refractivity (Wildman–Crippen MR) is 74.1 cm³/mol. The van der Waals surface area contributed by atoms with Gasteiger partial charge >= 0.3 is 0 Å². The van der Waals surface area contributed by atoms with E-state index < -0.39 is 0 Å². The lowest BCUT2D eigenvalue weighted by molar-refractivity contribution is 1.01. The summed E-state index contributed by atoms with van der Waals surface area (Å²) in [6.07, 6.45) is 0. The Kier molecular flexibility index (Phi) is 3.06. The van der Waals surface area contributed by atoms with Crippen molar-refractivity contribution in [1.82, 2.24) is 4.57 Å². The van der Waals surface area contributed by atoms with Crippen molar-refractivity contribution in [2.45, 2.75) is 20.8 Å². The van der Waals surface area contributed by atoms with E-state index in [1.54, 1.807) is 0 Å². The summed E-state index contributed by atoms with van der Waals surface area (Å²) in [6, 6.07) is 7.89. The van der Waals surface area contributed by atoms with Crippen LogP contribution in [0.15, 0.2) is 18.2 Å². The van der Waals surface area contributed by atoms with E-state index in [9.17, 15) is 0 Å². The molecule has 0 aliphatic heterocycles. The van der Waals surface area contributed by atoms with Gasteiger partial charge in [0, 0.05) is 5.69 Å². The number of rotatable bonds is 1. The molecule has 2 rings (SSSR count). The molecule has 2 N–H and O–H groups in total. The molecule has 1 heterocycles. The minimum atomic E-state index is 0.444. The number of nitrogen functional groups attached to an aromatic ring is 1. The molecule has 3 nitrogen and oxygen atoms in total. The Morgan fingerprint density at radius 3 is 2.50 bits per heavy atom. The van der Waals surface area contributed by atoms with Gasteiger partial charge in [0.05, 0.1) is 16.3 Å². The fraction of sp³-hybridized carbons (Fsp3) is 0.214. The van der Waals surface area contributed by atoms with Crippen molar-refractivity contribution in [1.29, 1.82) is 5.26 Å².